The zero-order valence-corrected chi connectivity index (χ0v) is 16.9. The number of rotatable bonds is 4. The summed E-state index contributed by atoms with van der Waals surface area (Å²) in [5, 5.41) is 4.26. The number of hydrogen-bond donors (Lipinski definition) is 0. The molecule has 1 aromatic heterocycles. The maximum atomic E-state index is 13.2. The van der Waals surface area contributed by atoms with Gasteiger partial charge < -0.3 is 9.80 Å². The average Bonchev–Trinajstić information content (AvgIpc) is 2.89. The van der Waals surface area contributed by atoms with Gasteiger partial charge in [-0.05, 0) is 36.6 Å². The van der Waals surface area contributed by atoms with Gasteiger partial charge in [-0.2, -0.15) is 5.10 Å². The second-order valence-corrected chi connectivity index (χ2v) is 7.76. The van der Waals surface area contributed by atoms with E-state index in [1.54, 1.807) is 34.8 Å². The Bertz CT molecular complexity index is 860. The Hall–Kier alpha value is -2.70. The number of aryl methyl sites for hydroxylation is 2. The van der Waals surface area contributed by atoms with Crippen molar-refractivity contribution < 1.29 is 14.0 Å². The summed E-state index contributed by atoms with van der Waals surface area (Å²) < 4.78 is 14.8. The quantitative estimate of drug-likeness (QED) is 0.812. The molecule has 6 nitrogen and oxygen atoms in total. The van der Waals surface area contributed by atoms with Crippen LogP contribution in [0.4, 0.5) is 4.39 Å². The average molecular weight is 386 g/mol. The van der Waals surface area contributed by atoms with Gasteiger partial charge in [0.15, 0.2) is 0 Å². The van der Waals surface area contributed by atoms with Crippen LogP contribution in [0.5, 0.6) is 0 Å². The third-order valence-electron chi connectivity index (χ3n) is 5.27. The number of aromatic nitrogens is 2. The molecule has 0 bridgehead atoms. The van der Waals surface area contributed by atoms with E-state index >= 15 is 0 Å². The summed E-state index contributed by atoms with van der Waals surface area (Å²) in [6, 6.07) is 7.87. The predicted octanol–water partition coefficient (Wildman–Crippen LogP) is 2.77. The fourth-order valence-corrected chi connectivity index (χ4v) is 3.69. The van der Waals surface area contributed by atoms with Crippen LogP contribution in [0.2, 0.25) is 0 Å². The van der Waals surface area contributed by atoms with Crippen LogP contribution in [-0.4, -0.2) is 50.5 Å². The van der Waals surface area contributed by atoms with E-state index in [9.17, 15) is 14.0 Å². The second kappa shape index (κ2) is 8.12. The van der Waals surface area contributed by atoms with E-state index in [0.29, 0.717) is 25.3 Å². The first-order valence-electron chi connectivity index (χ1n) is 9.60. The van der Waals surface area contributed by atoms with Gasteiger partial charge in [-0.15, -0.1) is 0 Å². The van der Waals surface area contributed by atoms with E-state index in [0.717, 1.165) is 11.3 Å². The number of halogens is 1. The number of hydrogen-bond acceptors (Lipinski definition) is 3. The first-order chi connectivity index (χ1) is 13.3. The maximum absolute atomic E-state index is 13.2. The highest BCUT2D eigenvalue weighted by molar-refractivity contribution is 5.93. The minimum absolute atomic E-state index is 0.0134. The van der Waals surface area contributed by atoms with Gasteiger partial charge >= 0.3 is 0 Å². The Balaban J connectivity index is 1.84. The van der Waals surface area contributed by atoms with Gasteiger partial charge in [0.25, 0.3) is 5.91 Å². The van der Waals surface area contributed by atoms with Crippen molar-refractivity contribution in [1.82, 2.24) is 19.6 Å². The van der Waals surface area contributed by atoms with Crippen molar-refractivity contribution in [3.8, 4) is 0 Å². The third kappa shape index (κ3) is 4.24. The number of nitrogens with zero attached hydrogens (tertiary/aromatic N) is 4. The fraction of sp³-hybridized carbons (Fsp3) is 0.476. The first-order valence-corrected chi connectivity index (χ1v) is 9.60. The van der Waals surface area contributed by atoms with Gasteiger partial charge in [0.1, 0.15) is 11.5 Å². The van der Waals surface area contributed by atoms with Gasteiger partial charge in [0.05, 0.1) is 11.7 Å². The van der Waals surface area contributed by atoms with E-state index in [4.69, 9.17) is 0 Å². The molecule has 1 aliphatic rings. The van der Waals surface area contributed by atoms with E-state index in [-0.39, 0.29) is 36.0 Å². The van der Waals surface area contributed by atoms with Crippen molar-refractivity contribution >= 4 is 11.8 Å². The summed E-state index contributed by atoms with van der Waals surface area (Å²) in [5.41, 5.74) is 2.19. The molecule has 1 saturated heterocycles. The molecule has 0 aliphatic carbocycles. The molecule has 7 heteroatoms. The minimum Gasteiger partial charge on any atom is -0.335 e. The Morgan fingerprint density at radius 1 is 1.29 bits per heavy atom. The van der Waals surface area contributed by atoms with Gasteiger partial charge in [-0.25, -0.2) is 4.39 Å². The SMILES string of the molecule is Cc1cc(C(=O)N2CCC(=O)N(Cc3ccc(F)cc3)[C@@H](C(C)C)C2)n(C)n1. The number of carbonyl (C=O) groups is 2. The molecule has 150 valence electrons. The number of benzene rings is 1. The van der Waals surface area contributed by atoms with Crippen LogP contribution in [-0.2, 0) is 18.4 Å². The van der Waals surface area contributed by atoms with Crippen molar-refractivity contribution in [2.24, 2.45) is 13.0 Å². The van der Waals surface area contributed by atoms with Crippen molar-refractivity contribution in [3.05, 3.63) is 53.1 Å². The molecule has 3 rings (SSSR count). The van der Waals surface area contributed by atoms with Crippen LogP contribution < -0.4 is 0 Å². The molecular weight excluding hydrogens is 359 g/mol. The molecule has 0 spiro atoms. The Labute approximate surface area is 164 Å². The van der Waals surface area contributed by atoms with Gasteiger partial charge in [-0.1, -0.05) is 26.0 Å². The summed E-state index contributed by atoms with van der Waals surface area (Å²) in [4.78, 5) is 29.5. The molecule has 1 fully saturated rings. The van der Waals surface area contributed by atoms with Crippen molar-refractivity contribution in [2.75, 3.05) is 13.1 Å². The molecule has 2 amide bonds. The lowest BCUT2D eigenvalue weighted by Gasteiger charge is -2.34. The molecule has 1 aromatic carbocycles. The Kier molecular flexibility index (Phi) is 5.82. The highest BCUT2D eigenvalue weighted by Gasteiger charge is 2.34. The Morgan fingerprint density at radius 2 is 1.96 bits per heavy atom. The lowest BCUT2D eigenvalue weighted by molar-refractivity contribution is -0.134. The Morgan fingerprint density at radius 3 is 2.54 bits per heavy atom. The summed E-state index contributed by atoms with van der Waals surface area (Å²) >= 11 is 0. The van der Waals surface area contributed by atoms with Crippen LogP contribution in [0, 0.1) is 18.7 Å². The monoisotopic (exact) mass is 386 g/mol. The first kappa shape index (κ1) is 20.0. The summed E-state index contributed by atoms with van der Waals surface area (Å²) in [6.45, 7) is 7.22. The zero-order chi connectivity index (χ0) is 20.4. The third-order valence-corrected chi connectivity index (χ3v) is 5.27. The van der Waals surface area contributed by atoms with E-state index < -0.39 is 0 Å². The van der Waals surface area contributed by atoms with E-state index in [2.05, 4.69) is 18.9 Å². The molecule has 0 radical (unpaired) electrons. The highest BCUT2D eigenvalue weighted by Crippen LogP contribution is 2.22. The van der Waals surface area contributed by atoms with Crippen LogP contribution in [0.15, 0.2) is 30.3 Å². The van der Waals surface area contributed by atoms with Gasteiger partial charge in [-0.3, -0.25) is 14.3 Å². The summed E-state index contributed by atoms with van der Waals surface area (Å²) in [6.07, 6.45) is 0.271. The molecule has 0 saturated carbocycles. The number of carbonyl (C=O) groups excluding carboxylic acids is 2. The van der Waals surface area contributed by atoms with Gasteiger partial charge in [0.2, 0.25) is 5.91 Å². The summed E-state index contributed by atoms with van der Waals surface area (Å²) in [5.74, 6) is -0.217. The molecule has 1 atom stereocenters. The van der Waals surface area contributed by atoms with E-state index in [1.807, 2.05) is 11.8 Å². The molecular formula is C21H27FN4O2. The molecule has 2 heterocycles. The van der Waals surface area contributed by atoms with Crippen LogP contribution in [0.1, 0.15) is 42.0 Å². The highest BCUT2D eigenvalue weighted by atomic mass is 19.1. The van der Waals surface area contributed by atoms with Crippen molar-refractivity contribution in [3.63, 3.8) is 0 Å². The second-order valence-electron chi connectivity index (χ2n) is 7.76. The van der Waals surface area contributed by atoms with Crippen LogP contribution >= 0.6 is 0 Å². The lowest BCUT2D eigenvalue weighted by atomic mass is 10.0. The van der Waals surface area contributed by atoms with Crippen LogP contribution in [0.3, 0.4) is 0 Å². The topological polar surface area (TPSA) is 58.4 Å². The van der Waals surface area contributed by atoms with Crippen LogP contribution in [0.25, 0.3) is 0 Å². The molecule has 0 unspecified atom stereocenters. The normalized spacial score (nSPS) is 17.9. The molecule has 1 aliphatic heterocycles. The smallest absolute Gasteiger partial charge is 0.272 e. The standard InChI is InChI=1S/C21H27FN4O2/c1-14(2)19-13-25(21(28)18-11-15(3)23-24(18)4)10-9-20(27)26(19)12-16-5-7-17(22)8-6-16/h5-8,11,14,19H,9-10,12-13H2,1-4H3/t19-/m1/s1. The maximum Gasteiger partial charge on any atom is 0.272 e. The minimum atomic E-state index is -0.297. The zero-order valence-electron chi connectivity index (χ0n) is 16.9. The van der Waals surface area contributed by atoms with Gasteiger partial charge in [0, 0.05) is 33.1 Å². The fourth-order valence-electron chi connectivity index (χ4n) is 3.69. The van der Waals surface area contributed by atoms with Crippen molar-refractivity contribution in [2.45, 2.75) is 39.8 Å². The molecule has 28 heavy (non-hydrogen) atoms. The predicted molar refractivity (Wildman–Crippen MR) is 104 cm³/mol. The molecule has 0 N–H and O–H groups in total. The largest absolute Gasteiger partial charge is 0.335 e. The van der Waals surface area contributed by atoms with Crippen molar-refractivity contribution in [1.29, 1.82) is 0 Å². The summed E-state index contributed by atoms with van der Waals surface area (Å²) in [7, 11) is 1.75. The van der Waals surface area contributed by atoms with E-state index in [1.165, 1.54) is 12.1 Å². The molecule has 2 aromatic rings. The number of amides is 2. The lowest BCUT2D eigenvalue weighted by Crippen LogP contribution is -2.47.